The SMILES string of the molecule is S=C1NCC(c2ccccc2)=NO1. The smallest absolute Gasteiger partial charge is 0.289 e. The molecule has 0 saturated carbocycles. The molecule has 0 fully saturated rings. The molecule has 3 nitrogen and oxygen atoms in total. The number of benzene rings is 1. The number of nitrogens with zero attached hydrogens (tertiary/aromatic N) is 1. The fraction of sp³-hybridized carbons (Fsp3) is 0.111. The molecule has 1 aliphatic rings. The Kier molecular flexibility index (Phi) is 2.23. The van der Waals surface area contributed by atoms with Gasteiger partial charge in [0.2, 0.25) is 0 Å². The van der Waals surface area contributed by atoms with Gasteiger partial charge in [-0.15, -0.1) is 0 Å². The summed E-state index contributed by atoms with van der Waals surface area (Å²) in [6, 6.07) is 9.86. The van der Waals surface area contributed by atoms with Crippen LogP contribution in [0.3, 0.4) is 0 Å². The Morgan fingerprint density at radius 1 is 1.31 bits per heavy atom. The number of thiocarbonyl (C=S) groups is 1. The largest absolute Gasteiger partial charge is 0.339 e. The highest BCUT2D eigenvalue weighted by molar-refractivity contribution is 7.80. The van der Waals surface area contributed by atoms with E-state index in [0.717, 1.165) is 11.3 Å². The summed E-state index contributed by atoms with van der Waals surface area (Å²) < 4.78 is 0. The van der Waals surface area contributed by atoms with Crippen LogP contribution in [0.5, 0.6) is 0 Å². The summed E-state index contributed by atoms with van der Waals surface area (Å²) in [6.07, 6.45) is 0. The molecule has 1 aliphatic heterocycles. The van der Waals surface area contributed by atoms with E-state index >= 15 is 0 Å². The van der Waals surface area contributed by atoms with Gasteiger partial charge in [-0.25, -0.2) is 0 Å². The summed E-state index contributed by atoms with van der Waals surface area (Å²) in [6.45, 7) is 0.628. The van der Waals surface area contributed by atoms with Crippen molar-refractivity contribution in [3.05, 3.63) is 35.9 Å². The second-order valence-corrected chi connectivity index (χ2v) is 3.01. The molecule has 0 atom stereocenters. The lowest BCUT2D eigenvalue weighted by atomic mass is 10.1. The van der Waals surface area contributed by atoms with Gasteiger partial charge in [0.15, 0.2) is 0 Å². The molecule has 0 unspecified atom stereocenters. The van der Waals surface area contributed by atoms with Crippen LogP contribution in [0, 0.1) is 0 Å². The van der Waals surface area contributed by atoms with Crippen molar-refractivity contribution in [2.24, 2.45) is 5.16 Å². The maximum atomic E-state index is 4.85. The Morgan fingerprint density at radius 2 is 2.08 bits per heavy atom. The molecule has 0 amide bonds. The highest BCUT2D eigenvalue weighted by Crippen LogP contribution is 2.03. The van der Waals surface area contributed by atoms with Crippen molar-refractivity contribution >= 4 is 23.1 Å². The zero-order valence-electron chi connectivity index (χ0n) is 6.86. The first kappa shape index (κ1) is 8.19. The molecule has 13 heavy (non-hydrogen) atoms. The first-order valence-corrected chi connectivity index (χ1v) is 4.34. The lowest BCUT2D eigenvalue weighted by molar-refractivity contribution is 0.312. The van der Waals surface area contributed by atoms with Crippen LogP contribution in [0.4, 0.5) is 0 Å². The summed E-state index contributed by atoms with van der Waals surface area (Å²) in [5.41, 5.74) is 1.92. The standard InChI is InChI=1S/C9H8N2OS/c13-9-10-6-8(11-12-9)7-4-2-1-3-5-7/h1-5H,6H2,(H,10,13). The van der Waals surface area contributed by atoms with Crippen molar-refractivity contribution in [3.8, 4) is 0 Å². The van der Waals surface area contributed by atoms with Gasteiger partial charge in [-0.05, 0) is 12.2 Å². The number of rotatable bonds is 1. The van der Waals surface area contributed by atoms with E-state index in [4.69, 9.17) is 17.1 Å². The Morgan fingerprint density at radius 3 is 2.69 bits per heavy atom. The summed E-state index contributed by atoms with van der Waals surface area (Å²) in [5, 5.41) is 7.14. The summed E-state index contributed by atoms with van der Waals surface area (Å²) in [7, 11) is 0. The first-order chi connectivity index (χ1) is 6.36. The Labute approximate surface area is 81.4 Å². The van der Waals surface area contributed by atoms with Gasteiger partial charge in [0.1, 0.15) is 5.71 Å². The van der Waals surface area contributed by atoms with Crippen LogP contribution >= 0.6 is 12.2 Å². The van der Waals surface area contributed by atoms with Gasteiger partial charge in [0.25, 0.3) is 5.17 Å². The predicted molar refractivity (Wildman–Crippen MR) is 54.7 cm³/mol. The van der Waals surface area contributed by atoms with E-state index in [2.05, 4.69) is 10.5 Å². The normalized spacial score (nSPS) is 15.7. The molecule has 1 N–H and O–H groups in total. The highest BCUT2D eigenvalue weighted by Gasteiger charge is 2.10. The lowest BCUT2D eigenvalue weighted by Gasteiger charge is -2.13. The van der Waals surface area contributed by atoms with Gasteiger partial charge in [0, 0.05) is 5.56 Å². The third-order valence-electron chi connectivity index (χ3n) is 1.75. The third kappa shape index (κ3) is 1.84. The van der Waals surface area contributed by atoms with Crippen LogP contribution in [-0.4, -0.2) is 17.4 Å². The van der Waals surface area contributed by atoms with E-state index in [1.807, 2.05) is 30.3 Å². The van der Waals surface area contributed by atoms with Crippen molar-refractivity contribution in [2.75, 3.05) is 6.54 Å². The van der Waals surface area contributed by atoms with Gasteiger partial charge < -0.3 is 10.2 Å². The maximum absolute atomic E-state index is 4.85. The molecule has 1 heterocycles. The zero-order valence-corrected chi connectivity index (χ0v) is 7.67. The topological polar surface area (TPSA) is 33.6 Å². The van der Waals surface area contributed by atoms with Gasteiger partial charge >= 0.3 is 0 Å². The van der Waals surface area contributed by atoms with Crippen LogP contribution in [0.2, 0.25) is 0 Å². The first-order valence-electron chi connectivity index (χ1n) is 3.93. The number of hydrogen-bond acceptors (Lipinski definition) is 3. The fourth-order valence-electron chi connectivity index (χ4n) is 1.10. The average molecular weight is 192 g/mol. The summed E-state index contributed by atoms with van der Waals surface area (Å²) >= 11 is 4.77. The number of hydrogen-bond donors (Lipinski definition) is 1. The van der Waals surface area contributed by atoms with E-state index in [1.54, 1.807) is 0 Å². The zero-order chi connectivity index (χ0) is 9.10. The second-order valence-electron chi connectivity index (χ2n) is 2.64. The second kappa shape index (κ2) is 3.53. The Balaban J connectivity index is 2.23. The molecule has 4 heteroatoms. The monoisotopic (exact) mass is 192 g/mol. The van der Waals surface area contributed by atoms with Crippen molar-refractivity contribution in [1.29, 1.82) is 0 Å². The van der Waals surface area contributed by atoms with Crippen molar-refractivity contribution < 1.29 is 4.84 Å². The van der Waals surface area contributed by atoms with E-state index < -0.39 is 0 Å². The molecule has 1 aromatic carbocycles. The Bertz CT molecular complexity index is 348. The fourth-order valence-corrected chi connectivity index (χ4v) is 1.21. The molecule has 0 aliphatic carbocycles. The third-order valence-corrected chi connectivity index (χ3v) is 1.96. The minimum Gasteiger partial charge on any atom is -0.339 e. The van der Waals surface area contributed by atoms with Crippen LogP contribution in [0.15, 0.2) is 35.5 Å². The van der Waals surface area contributed by atoms with Crippen LogP contribution in [-0.2, 0) is 4.84 Å². The quantitative estimate of drug-likeness (QED) is 0.681. The van der Waals surface area contributed by atoms with Crippen LogP contribution in [0.1, 0.15) is 5.56 Å². The molecule has 66 valence electrons. The van der Waals surface area contributed by atoms with E-state index in [-0.39, 0.29) is 0 Å². The summed E-state index contributed by atoms with van der Waals surface area (Å²) in [5.74, 6) is 0. The number of nitrogens with one attached hydrogen (secondary N) is 1. The van der Waals surface area contributed by atoms with Crippen LogP contribution < -0.4 is 5.32 Å². The molecule has 0 aromatic heterocycles. The molecular weight excluding hydrogens is 184 g/mol. The van der Waals surface area contributed by atoms with Gasteiger partial charge in [-0.2, -0.15) is 0 Å². The van der Waals surface area contributed by atoms with Gasteiger partial charge in [0.05, 0.1) is 6.54 Å². The highest BCUT2D eigenvalue weighted by atomic mass is 32.1. The molecule has 0 bridgehead atoms. The van der Waals surface area contributed by atoms with E-state index in [0.29, 0.717) is 11.7 Å². The molecular formula is C9H8N2OS. The van der Waals surface area contributed by atoms with Crippen molar-refractivity contribution in [2.45, 2.75) is 0 Å². The number of oxime groups is 1. The van der Waals surface area contributed by atoms with Gasteiger partial charge in [-0.3, -0.25) is 0 Å². The molecule has 0 spiro atoms. The predicted octanol–water partition coefficient (Wildman–Crippen LogP) is 1.30. The maximum Gasteiger partial charge on any atom is 0.289 e. The molecule has 0 radical (unpaired) electrons. The molecule has 0 saturated heterocycles. The lowest BCUT2D eigenvalue weighted by Crippen LogP contribution is -2.34. The van der Waals surface area contributed by atoms with Gasteiger partial charge in [-0.1, -0.05) is 35.5 Å². The summed E-state index contributed by atoms with van der Waals surface area (Å²) in [4.78, 5) is 4.85. The van der Waals surface area contributed by atoms with Crippen molar-refractivity contribution in [3.63, 3.8) is 0 Å². The van der Waals surface area contributed by atoms with Crippen LogP contribution in [0.25, 0.3) is 0 Å². The minimum atomic E-state index is 0.333. The van der Waals surface area contributed by atoms with E-state index in [1.165, 1.54) is 0 Å². The average Bonchev–Trinajstić information content (AvgIpc) is 2.20. The minimum absolute atomic E-state index is 0.333. The molecule has 2 rings (SSSR count). The molecule has 1 aromatic rings. The van der Waals surface area contributed by atoms with E-state index in [9.17, 15) is 0 Å². The Hall–Kier alpha value is -1.42. The van der Waals surface area contributed by atoms with Crippen molar-refractivity contribution in [1.82, 2.24) is 5.32 Å².